The predicted octanol–water partition coefficient (Wildman–Crippen LogP) is 5.05. The molecule has 0 aliphatic heterocycles. The van der Waals surface area contributed by atoms with Gasteiger partial charge in [0.05, 0.1) is 0 Å². The third-order valence-corrected chi connectivity index (χ3v) is 4.52. The Balaban J connectivity index is 1.63. The molecule has 0 fully saturated rings. The van der Waals surface area contributed by atoms with Gasteiger partial charge in [-0.05, 0) is 23.3 Å². The molecule has 5 nitrogen and oxygen atoms in total. The maximum absolute atomic E-state index is 13.1. The second-order valence-electron chi connectivity index (χ2n) is 6.19. The van der Waals surface area contributed by atoms with Crippen molar-refractivity contribution >= 4 is 28.4 Å². The Morgan fingerprint density at radius 3 is 2.61 bits per heavy atom. The van der Waals surface area contributed by atoms with Crippen LogP contribution in [0, 0.1) is 0 Å². The maximum atomic E-state index is 13.1. The lowest BCUT2D eigenvalue weighted by atomic mass is 10.1. The molecule has 4 aromatic rings. The Morgan fingerprint density at radius 2 is 1.89 bits per heavy atom. The highest BCUT2D eigenvalue weighted by Crippen LogP contribution is 2.36. The molecular weight excluding hydrogens is 393 g/mol. The minimum absolute atomic E-state index is 0.279. The number of fused-ring (bicyclic) bond motifs is 1. The van der Waals surface area contributed by atoms with Gasteiger partial charge in [-0.1, -0.05) is 41.9 Å². The summed E-state index contributed by atoms with van der Waals surface area (Å²) in [6, 6.07) is 13.2. The fourth-order valence-electron chi connectivity index (χ4n) is 2.98. The van der Waals surface area contributed by atoms with Crippen molar-refractivity contribution in [3.63, 3.8) is 0 Å². The van der Waals surface area contributed by atoms with Crippen LogP contribution in [-0.2, 0) is 12.6 Å². The number of pyridine rings is 1. The Labute approximate surface area is 161 Å². The predicted molar refractivity (Wildman–Crippen MR) is 98.2 cm³/mol. The second kappa shape index (κ2) is 6.79. The number of hydrogen-bond donors (Lipinski definition) is 2. The zero-order valence-corrected chi connectivity index (χ0v) is 14.9. The van der Waals surface area contributed by atoms with Crippen LogP contribution in [0.2, 0.25) is 5.15 Å². The SMILES string of the molecule is O=C(Cc1cnc2[nH]c(-c3ccccc3)cc2c1)c1n[nH]c(Cl)c1C(F)(F)F. The van der Waals surface area contributed by atoms with Gasteiger partial charge in [0.15, 0.2) is 5.78 Å². The number of rotatable bonds is 4. The van der Waals surface area contributed by atoms with Gasteiger partial charge in [0.25, 0.3) is 0 Å². The first-order chi connectivity index (χ1) is 13.3. The Hall–Kier alpha value is -3.13. The molecule has 142 valence electrons. The highest BCUT2D eigenvalue weighted by atomic mass is 35.5. The topological polar surface area (TPSA) is 74.4 Å². The number of nitrogens with one attached hydrogen (secondary N) is 2. The molecule has 0 spiro atoms. The van der Waals surface area contributed by atoms with Crippen LogP contribution in [0.3, 0.4) is 0 Å². The van der Waals surface area contributed by atoms with Gasteiger partial charge in [0.1, 0.15) is 22.1 Å². The molecule has 0 amide bonds. The van der Waals surface area contributed by atoms with Crippen molar-refractivity contribution in [3.05, 3.63) is 70.6 Å². The quantitative estimate of drug-likeness (QED) is 0.467. The molecule has 1 aromatic carbocycles. The Morgan fingerprint density at radius 1 is 1.14 bits per heavy atom. The van der Waals surface area contributed by atoms with Crippen LogP contribution in [0.1, 0.15) is 21.6 Å². The smallest absolute Gasteiger partial charge is 0.339 e. The molecule has 9 heteroatoms. The van der Waals surface area contributed by atoms with Crippen molar-refractivity contribution in [1.82, 2.24) is 20.2 Å². The summed E-state index contributed by atoms with van der Waals surface area (Å²) in [5.74, 6) is -0.796. The number of alkyl halides is 3. The first-order valence-electron chi connectivity index (χ1n) is 8.20. The van der Waals surface area contributed by atoms with E-state index in [1.165, 1.54) is 6.20 Å². The van der Waals surface area contributed by atoms with Gasteiger partial charge in [-0.2, -0.15) is 18.3 Å². The molecule has 0 saturated carbocycles. The van der Waals surface area contributed by atoms with Crippen LogP contribution in [0.15, 0.2) is 48.7 Å². The zero-order valence-electron chi connectivity index (χ0n) is 14.1. The maximum Gasteiger partial charge on any atom is 0.421 e. The average Bonchev–Trinajstić information content (AvgIpc) is 3.25. The van der Waals surface area contributed by atoms with Crippen LogP contribution < -0.4 is 0 Å². The van der Waals surface area contributed by atoms with E-state index < -0.39 is 28.4 Å². The van der Waals surface area contributed by atoms with Gasteiger partial charge < -0.3 is 4.98 Å². The largest absolute Gasteiger partial charge is 0.421 e. The number of hydrogen-bond acceptors (Lipinski definition) is 3. The van der Waals surface area contributed by atoms with Gasteiger partial charge in [-0.15, -0.1) is 0 Å². The number of carbonyl (C=O) groups excluding carboxylic acids is 1. The highest BCUT2D eigenvalue weighted by molar-refractivity contribution is 6.30. The van der Waals surface area contributed by atoms with E-state index in [9.17, 15) is 18.0 Å². The summed E-state index contributed by atoms with van der Waals surface area (Å²) in [4.78, 5) is 19.8. The van der Waals surface area contributed by atoms with Crippen molar-refractivity contribution < 1.29 is 18.0 Å². The van der Waals surface area contributed by atoms with Crippen LogP contribution >= 0.6 is 11.6 Å². The Bertz CT molecular complexity index is 1170. The highest BCUT2D eigenvalue weighted by Gasteiger charge is 2.40. The lowest BCUT2D eigenvalue weighted by Crippen LogP contribution is -2.14. The van der Waals surface area contributed by atoms with Crippen LogP contribution in [0.5, 0.6) is 0 Å². The van der Waals surface area contributed by atoms with Crippen LogP contribution in [0.25, 0.3) is 22.3 Å². The van der Waals surface area contributed by atoms with E-state index in [1.807, 2.05) is 41.5 Å². The molecule has 0 unspecified atom stereocenters. The van der Waals surface area contributed by atoms with Crippen molar-refractivity contribution in [2.24, 2.45) is 0 Å². The monoisotopic (exact) mass is 404 g/mol. The van der Waals surface area contributed by atoms with Crippen molar-refractivity contribution in [2.45, 2.75) is 12.6 Å². The number of Topliss-reactive ketones (excluding diaryl/α,β-unsaturated/α-hetero) is 1. The number of aromatic amines is 2. The molecule has 3 heterocycles. The third-order valence-electron chi connectivity index (χ3n) is 4.25. The summed E-state index contributed by atoms with van der Waals surface area (Å²) in [6.07, 6.45) is -3.60. The summed E-state index contributed by atoms with van der Waals surface area (Å²) in [5, 5.41) is 5.49. The van der Waals surface area contributed by atoms with Crippen molar-refractivity contribution in [2.75, 3.05) is 0 Å². The third kappa shape index (κ3) is 3.38. The molecule has 0 aliphatic rings. The van der Waals surface area contributed by atoms with E-state index in [-0.39, 0.29) is 6.42 Å². The molecule has 2 N–H and O–H groups in total. The van der Waals surface area contributed by atoms with E-state index in [4.69, 9.17) is 11.6 Å². The summed E-state index contributed by atoms with van der Waals surface area (Å²) in [7, 11) is 0. The van der Waals surface area contributed by atoms with E-state index in [0.717, 1.165) is 16.6 Å². The van der Waals surface area contributed by atoms with Crippen molar-refractivity contribution in [1.29, 1.82) is 0 Å². The summed E-state index contributed by atoms with van der Waals surface area (Å²) >= 11 is 5.51. The molecule has 3 aromatic heterocycles. The standard InChI is InChI=1S/C19H12ClF3N4O/c20-17-15(19(21,22)23)16(26-27-17)14(28)7-10-6-12-8-13(25-18(12)24-9-10)11-4-2-1-3-5-11/h1-6,8-9H,7H2,(H,24,25)(H,26,27). The van der Waals surface area contributed by atoms with Gasteiger partial charge in [0.2, 0.25) is 0 Å². The molecule has 0 atom stereocenters. The normalized spacial score (nSPS) is 11.9. The second-order valence-corrected chi connectivity index (χ2v) is 6.57. The lowest BCUT2D eigenvalue weighted by molar-refractivity contribution is -0.137. The van der Waals surface area contributed by atoms with Gasteiger partial charge in [-0.3, -0.25) is 9.89 Å². The number of aromatic nitrogens is 4. The number of benzene rings is 1. The van der Waals surface area contributed by atoms with Gasteiger partial charge in [-0.25, -0.2) is 4.98 Å². The number of nitrogens with zero attached hydrogens (tertiary/aromatic N) is 2. The van der Waals surface area contributed by atoms with E-state index in [0.29, 0.717) is 11.2 Å². The van der Waals surface area contributed by atoms with Gasteiger partial charge >= 0.3 is 6.18 Å². The first kappa shape index (κ1) is 18.2. The molecular formula is C19H12ClF3N4O. The molecule has 0 saturated heterocycles. The van der Waals surface area contributed by atoms with Crippen molar-refractivity contribution in [3.8, 4) is 11.3 Å². The van der Waals surface area contributed by atoms with E-state index >= 15 is 0 Å². The number of carbonyl (C=O) groups is 1. The zero-order chi connectivity index (χ0) is 19.9. The lowest BCUT2D eigenvalue weighted by Gasteiger charge is -2.06. The number of H-pyrrole nitrogens is 2. The van der Waals surface area contributed by atoms with Gasteiger partial charge in [0, 0.05) is 23.7 Å². The molecule has 4 rings (SSSR count). The van der Waals surface area contributed by atoms with Crippen LogP contribution in [0.4, 0.5) is 13.2 Å². The minimum Gasteiger partial charge on any atom is -0.339 e. The number of ketones is 1. The number of halogens is 4. The summed E-state index contributed by atoms with van der Waals surface area (Å²) in [6.45, 7) is 0. The first-order valence-corrected chi connectivity index (χ1v) is 8.58. The van der Waals surface area contributed by atoms with E-state index in [1.54, 1.807) is 6.07 Å². The summed E-state index contributed by atoms with van der Waals surface area (Å²) < 4.78 is 39.3. The fraction of sp³-hybridized carbons (Fsp3) is 0.105. The molecule has 28 heavy (non-hydrogen) atoms. The minimum atomic E-state index is -4.78. The molecule has 0 bridgehead atoms. The molecule has 0 radical (unpaired) electrons. The summed E-state index contributed by atoms with van der Waals surface area (Å²) in [5.41, 5.74) is 0.944. The molecule has 0 aliphatic carbocycles. The Kier molecular flexibility index (Phi) is 4.43. The van der Waals surface area contributed by atoms with E-state index in [2.05, 4.69) is 15.1 Å². The average molecular weight is 405 g/mol. The van der Waals surface area contributed by atoms with Crippen LogP contribution in [-0.4, -0.2) is 25.9 Å². The fourth-order valence-corrected chi connectivity index (χ4v) is 3.22.